The number of nitrogens with one attached hydrogen (secondary N) is 1. The van der Waals surface area contributed by atoms with Crippen LogP contribution < -0.4 is 5.32 Å². The van der Waals surface area contributed by atoms with Crippen molar-refractivity contribution in [3.63, 3.8) is 0 Å². The van der Waals surface area contributed by atoms with E-state index in [1.54, 1.807) is 26.0 Å². The van der Waals surface area contributed by atoms with Crippen LogP contribution in [0.25, 0.3) is 0 Å². The lowest BCUT2D eigenvalue weighted by molar-refractivity contribution is 0.316. The Kier molecular flexibility index (Phi) is 3.28. The summed E-state index contributed by atoms with van der Waals surface area (Å²) in [5, 5.41) is 27.8. The number of allylic oxidation sites excluding steroid dienone is 3. The number of rotatable bonds is 2. The molecule has 0 aromatic carbocycles. The predicted octanol–water partition coefficient (Wildman–Crippen LogP) is 1.21. The van der Waals surface area contributed by atoms with Gasteiger partial charge < -0.3 is 20.9 Å². The first kappa shape index (κ1) is 10.3. The van der Waals surface area contributed by atoms with Gasteiger partial charge in [-0.15, -0.1) is 0 Å². The van der Waals surface area contributed by atoms with Gasteiger partial charge in [-0.05, 0) is 19.9 Å². The Morgan fingerprint density at radius 1 is 1.57 bits per heavy atom. The topological polar surface area (TPSA) is 80.0 Å². The Hall–Kier alpha value is -1.78. The second-order valence-corrected chi connectivity index (χ2v) is 3.01. The average molecular weight is 194 g/mol. The van der Waals surface area contributed by atoms with Gasteiger partial charge >= 0.3 is 0 Å². The Bertz CT molecular complexity index is 329. The van der Waals surface area contributed by atoms with E-state index in [9.17, 15) is 5.21 Å². The highest BCUT2D eigenvalue weighted by atomic mass is 16.4. The van der Waals surface area contributed by atoms with E-state index in [1.165, 1.54) is 0 Å². The van der Waals surface area contributed by atoms with Gasteiger partial charge in [0, 0.05) is 5.71 Å². The third-order valence-electron chi connectivity index (χ3n) is 2.01. The van der Waals surface area contributed by atoms with Crippen molar-refractivity contribution in [2.45, 2.75) is 19.9 Å². The molecule has 0 bridgehead atoms. The highest BCUT2D eigenvalue weighted by Gasteiger charge is 2.13. The van der Waals surface area contributed by atoms with Gasteiger partial charge in [-0.1, -0.05) is 17.3 Å². The summed E-state index contributed by atoms with van der Waals surface area (Å²) in [6.07, 6.45) is 5.37. The molecule has 0 fully saturated rings. The standard InChI is InChI=1S/C9H13N3O2/c1-6(11-13)8-4-3-5-9(10-8)7(2)12-14/h3-5,8,10,13-14H,1-2H3/p-1. The van der Waals surface area contributed by atoms with Crippen molar-refractivity contribution in [2.24, 2.45) is 10.3 Å². The molecule has 0 radical (unpaired) electrons. The second kappa shape index (κ2) is 4.45. The van der Waals surface area contributed by atoms with Gasteiger partial charge in [0.1, 0.15) is 0 Å². The maximum absolute atomic E-state index is 10.3. The Balaban J connectivity index is 2.79. The number of oxime groups is 1. The maximum atomic E-state index is 10.3. The van der Waals surface area contributed by atoms with Crippen molar-refractivity contribution in [2.75, 3.05) is 0 Å². The summed E-state index contributed by atoms with van der Waals surface area (Å²) in [4.78, 5) is 0. The number of hydrogen-bond acceptors (Lipinski definition) is 5. The maximum Gasteiger partial charge on any atom is 0.0864 e. The monoisotopic (exact) mass is 194 g/mol. The van der Waals surface area contributed by atoms with Gasteiger partial charge in [0.2, 0.25) is 0 Å². The first-order valence-corrected chi connectivity index (χ1v) is 4.20. The van der Waals surface area contributed by atoms with E-state index in [0.717, 1.165) is 0 Å². The molecule has 0 aromatic heterocycles. The zero-order valence-electron chi connectivity index (χ0n) is 8.06. The first-order chi connectivity index (χ1) is 6.69. The molecule has 0 saturated heterocycles. The molecule has 76 valence electrons. The van der Waals surface area contributed by atoms with E-state index in [1.807, 2.05) is 6.08 Å². The summed E-state index contributed by atoms with van der Waals surface area (Å²) in [5.74, 6) is 0. The largest absolute Gasteiger partial charge is 0.792 e. The van der Waals surface area contributed by atoms with Crippen molar-refractivity contribution in [1.29, 1.82) is 0 Å². The lowest BCUT2D eigenvalue weighted by atomic mass is 10.1. The second-order valence-electron chi connectivity index (χ2n) is 3.01. The number of dihydropyridines is 1. The molecule has 5 nitrogen and oxygen atoms in total. The molecule has 1 heterocycles. The van der Waals surface area contributed by atoms with Crippen LogP contribution in [0, 0.1) is 5.21 Å². The molecule has 1 atom stereocenters. The van der Waals surface area contributed by atoms with Crippen LogP contribution in [0.15, 0.2) is 34.2 Å². The van der Waals surface area contributed by atoms with Crippen LogP contribution in [0.2, 0.25) is 0 Å². The minimum absolute atomic E-state index is 0.184. The Morgan fingerprint density at radius 2 is 2.29 bits per heavy atom. The molecule has 5 heteroatoms. The molecule has 1 aliphatic heterocycles. The van der Waals surface area contributed by atoms with Gasteiger partial charge in [-0.25, -0.2) is 0 Å². The highest BCUT2D eigenvalue weighted by Crippen LogP contribution is 2.06. The fourth-order valence-corrected chi connectivity index (χ4v) is 1.11. The van der Waals surface area contributed by atoms with Crippen LogP contribution in [-0.4, -0.2) is 22.7 Å². The van der Waals surface area contributed by atoms with Crippen molar-refractivity contribution in [3.8, 4) is 0 Å². The van der Waals surface area contributed by atoms with Crippen LogP contribution in [0.5, 0.6) is 0 Å². The van der Waals surface area contributed by atoms with Gasteiger partial charge in [0.05, 0.1) is 17.5 Å². The molecule has 0 aromatic rings. The Labute approximate surface area is 82.1 Å². The van der Waals surface area contributed by atoms with Gasteiger partial charge in [0.25, 0.3) is 0 Å². The van der Waals surface area contributed by atoms with Crippen molar-refractivity contribution in [1.82, 2.24) is 5.32 Å². The summed E-state index contributed by atoms with van der Waals surface area (Å²) in [5.41, 5.74) is 1.56. The zero-order chi connectivity index (χ0) is 10.6. The molecule has 0 aliphatic carbocycles. The van der Waals surface area contributed by atoms with Crippen LogP contribution in [0.1, 0.15) is 13.8 Å². The van der Waals surface area contributed by atoms with Crippen LogP contribution >= 0.6 is 0 Å². The lowest BCUT2D eigenvalue weighted by Crippen LogP contribution is -2.36. The van der Waals surface area contributed by atoms with E-state index in [0.29, 0.717) is 17.1 Å². The lowest BCUT2D eigenvalue weighted by Gasteiger charge is -2.21. The molecule has 1 unspecified atom stereocenters. The molecular formula is C9H12N3O2-. The molecule has 0 spiro atoms. The quantitative estimate of drug-likeness (QED) is 0.394. The summed E-state index contributed by atoms with van der Waals surface area (Å²) in [7, 11) is 0. The SMILES string of the molecule is CC(=N[O-])C1=CC=CC(C(C)=NO)N1. The number of nitrogens with zero attached hydrogens (tertiary/aromatic N) is 2. The Morgan fingerprint density at radius 3 is 2.86 bits per heavy atom. The third kappa shape index (κ3) is 2.12. The normalized spacial score (nSPS) is 23.0. The van der Waals surface area contributed by atoms with Crippen LogP contribution in [0.3, 0.4) is 0 Å². The molecule has 0 saturated carbocycles. The van der Waals surface area contributed by atoms with E-state index in [4.69, 9.17) is 5.21 Å². The van der Waals surface area contributed by atoms with Crippen molar-refractivity contribution < 1.29 is 5.21 Å². The minimum Gasteiger partial charge on any atom is -0.792 e. The fourth-order valence-electron chi connectivity index (χ4n) is 1.11. The van der Waals surface area contributed by atoms with Gasteiger partial charge in [0.15, 0.2) is 0 Å². The summed E-state index contributed by atoms with van der Waals surface area (Å²) < 4.78 is 0. The summed E-state index contributed by atoms with van der Waals surface area (Å²) in [6.45, 7) is 3.31. The van der Waals surface area contributed by atoms with E-state index in [2.05, 4.69) is 15.6 Å². The van der Waals surface area contributed by atoms with E-state index in [-0.39, 0.29) is 6.04 Å². The predicted molar refractivity (Wildman–Crippen MR) is 55.5 cm³/mol. The van der Waals surface area contributed by atoms with Crippen LogP contribution in [0.4, 0.5) is 0 Å². The summed E-state index contributed by atoms with van der Waals surface area (Å²) >= 11 is 0. The molecule has 0 amide bonds. The summed E-state index contributed by atoms with van der Waals surface area (Å²) in [6, 6.07) is -0.184. The molecule has 1 aliphatic rings. The number of hydrogen-bond donors (Lipinski definition) is 2. The third-order valence-corrected chi connectivity index (χ3v) is 2.01. The average Bonchev–Trinajstić information content (AvgIpc) is 2.27. The molecular weight excluding hydrogens is 182 g/mol. The molecule has 14 heavy (non-hydrogen) atoms. The van der Waals surface area contributed by atoms with E-state index < -0.39 is 0 Å². The minimum atomic E-state index is -0.184. The van der Waals surface area contributed by atoms with Gasteiger partial charge in [-0.3, -0.25) is 0 Å². The molecule has 1 rings (SSSR count). The molecule has 2 N–H and O–H groups in total. The van der Waals surface area contributed by atoms with E-state index >= 15 is 0 Å². The smallest absolute Gasteiger partial charge is 0.0864 e. The fraction of sp³-hybridized carbons (Fsp3) is 0.333. The zero-order valence-corrected chi connectivity index (χ0v) is 8.06. The van der Waals surface area contributed by atoms with Crippen LogP contribution in [-0.2, 0) is 0 Å². The highest BCUT2D eigenvalue weighted by molar-refractivity contribution is 6.00. The van der Waals surface area contributed by atoms with Gasteiger partial charge in [-0.2, -0.15) is 0 Å². The van der Waals surface area contributed by atoms with Crippen molar-refractivity contribution >= 4 is 11.4 Å². The first-order valence-electron chi connectivity index (χ1n) is 4.20. The van der Waals surface area contributed by atoms with Crippen molar-refractivity contribution in [3.05, 3.63) is 29.1 Å².